The normalized spacial score (nSPS) is 11.0. The van der Waals surface area contributed by atoms with E-state index >= 15 is 0 Å². The number of aryl methyl sites for hydroxylation is 2. The Morgan fingerprint density at radius 1 is 0.912 bits per heavy atom. The Bertz CT molecular complexity index is 873. The molecular weight excluding hydrogens is 430 g/mol. The Labute approximate surface area is 203 Å². The Kier molecular flexibility index (Phi) is 13.1. The predicted molar refractivity (Wildman–Crippen MR) is 137 cm³/mol. The number of hydrogen-bond acceptors (Lipinski definition) is 5. The molecule has 7 nitrogen and oxygen atoms in total. The number of aromatic hydroxyl groups is 1. The Morgan fingerprint density at radius 2 is 1.68 bits per heavy atom. The van der Waals surface area contributed by atoms with Gasteiger partial charge in [-0.05, 0) is 99.5 Å². The third-order valence-electron chi connectivity index (χ3n) is 5.71. The Hall–Kier alpha value is -2.61. The molecule has 0 fully saturated rings. The summed E-state index contributed by atoms with van der Waals surface area (Å²) >= 11 is 0. The fraction of sp³-hybridized carbons (Fsp3) is 0.519. The van der Waals surface area contributed by atoms with E-state index in [4.69, 9.17) is 10.5 Å². The van der Waals surface area contributed by atoms with Crippen molar-refractivity contribution in [3.63, 3.8) is 0 Å². The van der Waals surface area contributed by atoms with E-state index in [2.05, 4.69) is 16.7 Å². The highest BCUT2D eigenvalue weighted by Gasteiger charge is 2.03. The average Bonchev–Trinajstić information content (AvgIpc) is 2.79. The summed E-state index contributed by atoms with van der Waals surface area (Å²) in [5.41, 5.74) is 9.97. The summed E-state index contributed by atoms with van der Waals surface area (Å²) < 4.78 is 5.77. The number of benzene rings is 2. The number of hydrogen-bond donors (Lipinski definition) is 5. The first-order valence-electron chi connectivity index (χ1n) is 12.3. The van der Waals surface area contributed by atoms with Crippen molar-refractivity contribution in [3.05, 3.63) is 58.7 Å². The van der Waals surface area contributed by atoms with Gasteiger partial charge in [0.2, 0.25) is 0 Å². The molecular formula is C27H41N3O4. The van der Waals surface area contributed by atoms with Gasteiger partial charge in [0.15, 0.2) is 0 Å². The second-order valence-electron chi connectivity index (χ2n) is 8.80. The molecule has 0 aliphatic carbocycles. The van der Waals surface area contributed by atoms with Crippen LogP contribution in [0.5, 0.6) is 5.75 Å². The molecule has 0 heterocycles. The third-order valence-corrected chi connectivity index (χ3v) is 5.71. The molecule has 0 saturated carbocycles. The highest BCUT2D eigenvalue weighted by molar-refractivity contribution is 5.87. The molecule has 2 aromatic carbocycles. The molecule has 0 aromatic heterocycles. The molecule has 34 heavy (non-hydrogen) atoms. The van der Waals surface area contributed by atoms with Crippen LogP contribution >= 0.6 is 0 Å². The van der Waals surface area contributed by atoms with Gasteiger partial charge in [-0.2, -0.15) is 0 Å². The maximum absolute atomic E-state index is 11.0. The topological polar surface area (TPSA) is 117 Å². The number of carbonyl (C=O) groups excluding carboxylic acids is 1. The maximum Gasteiger partial charge on any atom is 0.316 e. The van der Waals surface area contributed by atoms with Crippen LogP contribution in [0.4, 0.5) is 10.5 Å². The lowest BCUT2D eigenvalue weighted by Crippen LogP contribution is -2.19. The minimum atomic E-state index is -0.537. The lowest BCUT2D eigenvalue weighted by molar-refractivity contribution is 0.126. The molecule has 2 amide bonds. The molecule has 0 saturated heterocycles. The molecule has 188 valence electrons. The molecule has 6 N–H and O–H groups in total. The van der Waals surface area contributed by atoms with Crippen LogP contribution in [0, 0.1) is 6.92 Å². The van der Waals surface area contributed by atoms with Crippen LogP contribution < -0.4 is 16.4 Å². The van der Waals surface area contributed by atoms with Crippen LogP contribution in [0.3, 0.4) is 0 Å². The summed E-state index contributed by atoms with van der Waals surface area (Å²) in [7, 11) is 0. The predicted octanol–water partition coefficient (Wildman–Crippen LogP) is 4.42. The smallest absolute Gasteiger partial charge is 0.316 e. The van der Waals surface area contributed by atoms with Gasteiger partial charge in [0.1, 0.15) is 5.75 Å². The van der Waals surface area contributed by atoms with Crippen molar-refractivity contribution in [1.82, 2.24) is 5.32 Å². The second kappa shape index (κ2) is 16.1. The number of aliphatic hydroxyl groups is 1. The lowest BCUT2D eigenvalue weighted by atomic mass is 10.0. The quantitative estimate of drug-likeness (QED) is 0.219. The van der Waals surface area contributed by atoms with Gasteiger partial charge in [0.05, 0.1) is 6.61 Å². The number of ether oxygens (including phenoxy) is 1. The molecule has 2 aromatic rings. The van der Waals surface area contributed by atoms with E-state index in [1.807, 2.05) is 31.2 Å². The first kappa shape index (κ1) is 27.6. The molecule has 2 rings (SSSR count). The number of phenols is 1. The number of carbonyl (C=O) groups is 1. The molecule has 0 atom stereocenters. The number of amides is 2. The first-order valence-corrected chi connectivity index (χ1v) is 12.3. The molecule has 0 bridgehead atoms. The summed E-state index contributed by atoms with van der Waals surface area (Å²) in [6, 6.07) is 10.9. The number of anilines is 1. The molecule has 0 aliphatic heterocycles. The number of nitrogens with two attached hydrogens (primary N) is 1. The molecule has 7 heteroatoms. The van der Waals surface area contributed by atoms with Gasteiger partial charge in [0, 0.05) is 24.5 Å². The van der Waals surface area contributed by atoms with Crippen LogP contribution in [-0.4, -0.2) is 42.5 Å². The van der Waals surface area contributed by atoms with Crippen LogP contribution in [0.2, 0.25) is 0 Å². The molecule has 0 spiro atoms. The van der Waals surface area contributed by atoms with E-state index < -0.39 is 6.03 Å². The summed E-state index contributed by atoms with van der Waals surface area (Å²) in [6.45, 7) is 5.38. The minimum Gasteiger partial charge on any atom is -0.508 e. The average molecular weight is 472 g/mol. The van der Waals surface area contributed by atoms with Crippen molar-refractivity contribution in [2.45, 2.75) is 64.9 Å². The van der Waals surface area contributed by atoms with Gasteiger partial charge in [-0.1, -0.05) is 25.0 Å². The number of primary amides is 1. The number of aliphatic hydroxyl groups excluding tert-OH is 1. The van der Waals surface area contributed by atoms with Crippen molar-refractivity contribution < 1.29 is 19.7 Å². The summed E-state index contributed by atoms with van der Waals surface area (Å²) in [4.78, 5) is 11.0. The summed E-state index contributed by atoms with van der Waals surface area (Å²) in [5.74, 6) is 0.153. The van der Waals surface area contributed by atoms with Crippen molar-refractivity contribution >= 4 is 11.7 Å². The van der Waals surface area contributed by atoms with Gasteiger partial charge < -0.3 is 31.3 Å². The zero-order chi connectivity index (χ0) is 24.6. The van der Waals surface area contributed by atoms with E-state index in [1.165, 1.54) is 18.4 Å². The highest BCUT2D eigenvalue weighted by atomic mass is 16.5. The van der Waals surface area contributed by atoms with Crippen LogP contribution in [0.15, 0.2) is 36.4 Å². The molecule has 0 radical (unpaired) electrons. The van der Waals surface area contributed by atoms with E-state index in [0.717, 1.165) is 81.6 Å². The van der Waals surface area contributed by atoms with E-state index in [-0.39, 0.29) is 12.4 Å². The fourth-order valence-electron chi connectivity index (χ4n) is 3.94. The van der Waals surface area contributed by atoms with Gasteiger partial charge in [-0.25, -0.2) is 4.79 Å². The monoisotopic (exact) mass is 471 g/mol. The van der Waals surface area contributed by atoms with Gasteiger partial charge >= 0.3 is 6.03 Å². The Morgan fingerprint density at radius 3 is 2.44 bits per heavy atom. The number of rotatable bonds is 17. The largest absolute Gasteiger partial charge is 0.508 e. The van der Waals surface area contributed by atoms with E-state index in [0.29, 0.717) is 5.56 Å². The van der Waals surface area contributed by atoms with Crippen LogP contribution in [0.1, 0.15) is 60.8 Å². The lowest BCUT2D eigenvalue weighted by Gasteiger charge is -2.09. The fourth-order valence-corrected chi connectivity index (χ4v) is 3.94. The third kappa shape index (κ3) is 11.5. The molecule has 0 unspecified atom stereocenters. The Balaban J connectivity index is 1.41. The standard InChI is InChI=1S/C27H41N3O4/c1-21-16-23(19-25(17-21)30-27(28)33)8-4-7-15-34-14-6-3-2-5-12-29-13-11-22-9-10-26(32)24(18-22)20-31/h9-10,16-19,29,31-32H,2-8,11-15,20H2,1H3,(H3,28,30,33). The van der Waals surface area contributed by atoms with Gasteiger partial charge in [-0.3, -0.25) is 0 Å². The van der Waals surface area contributed by atoms with E-state index in [9.17, 15) is 15.0 Å². The van der Waals surface area contributed by atoms with E-state index in [1.54, 1.807) is 6.07 Å². The van der Waals surface area contributed by atoms with Crippen molar-refractivity contribution in [3.8, 4) is 5.75 Å². The SMILES string of the molecule is Cc1cc(CCCCOCCCCCCNCCc2ccc(O)c(CO)c2)cc(NC(N)=O)c1. The number of unbranched alkanes of at least 4 members (excludes halogenated alkanes) is 4. The van der Waals surface area contributed by atoms with Crippen molar-refractivity contribution in [2.24, 2.45) is 5.73 Å². The maximum atomic E-state index is 11.0. The van der Waals surface area contributed by atoms with Crippen LogP contribution in [0.25, 0.3) is 0 Å². The van der Waals surface area contributed by atoms with Crippen LogP contribution in [-0.2, 0) is 24.2 Å². The summed E-state index contributed by atoms with van der Waals surface area (Å²) in [6.07, 6.45) is 8.54. The number of nitrogens with one attached hydrogen (secondary N) is 2. The molecule has 0 aliphatic rings. The zero-order valence-electron chi connectivity index (χ0n) is 20.4. The zero-order valence-corrected chi connectivity index (χ0v) is 20.4. The van der Waals surface area contributed by atoms with Crippen molar-refractivity contribution in [2.75, 3.05) is 31.6 Å². The first-order chi connectivity index (χ1) is 16.5. The summed E-state index contributed by atoms with van der Waals surface area (Å²) in [5, 5.41) is 24.9. The second-order valence-corrected chi connectivity index (χ2v) is 8.80. The highest BCUT2D eigenvalue weighted by Crippen LogP contribution is 2.18. The number of urea groups is 1. The van der Waals surface area contributed by atoms with Gasteiger partial charge in [0.25, 0.3) is 0 Å². The van der Waals surface area contributed by atoms with Gasteiger partial charge in [-0.15, -0.1) is 0 Å². The minimum absolute atomic E-state index is 0.136. The van der Waals surface area contributed by atoms with Crippen molar-refractivity contribution in [1.29, 1.82) is 0 Å².